The Kier molecular flexibility index (Phi) is 4.29. The summed E-state index contributed by atoms with van der Waals surface area (Å²) in [6.45, 7) is 4.16. The molecule has 0 atom stereocenters. The standard InChI is InChI=1S/C14H14BrN5O/c1-3-20-13(12(17)8(2)19-20)14(21)18-11-5-4-10(15)6-9(11)7-16/h4-6H,3,17H2,1-2H3,(H,18,21). The summed E-state index contributed by atoms with van der Waals surface area (Å²) in [4.78, 5) is 12.4. The van der Waals surface area contributed by atoms with Crippen LogP contribution in [0.25, 0.3) is 0 Å². The molecule has 1 aromatic heterocycles. The van der Waals surface area contributed by atoms with Gasteiger partial charge in [0.05, 0.1) is 22.6 Å². The molecule has 0 aliphatic carbocycles. The van der Waals surface area contributed by atoms with Crippen LogP contribution in [0.3, 0.4) is 0 Å². The second kappa shape index (κ2) is 5.97. The molecule has 7 heteroatoms. The summed E-state index contributed by atoms with van der Waals surface area (Å²) in [6, 6.07) is 7.10. The smallest absolute Gasteiger partial charge is 0.276 e. The van der Waals surface area contributed by atoms with Crippen molar-refractivity contribution in [3.8, 4) is 6.07 Å². The molecule has 6 nitrogen and oxygen atoms in total. The van der Waals surface area contributed by atoms with Crippen LogP contribution in [0.1, 0.15) is 28.7 Å². The minimum Gasteiger partial charge on any atom is -0.395 e. The molecular formula is C14H14BrN5O. The van der Waals surface area contributed by atoms with Gasteiger partial charge in [-0.3, -0.25) is 9.48 Å². The predicted molar refractivity (Wildman–Crippen MR) is 83.9 cm³/mol. The van der Waals surface area contributed by atoms with Crippen LogP contribution < -0.4 is 11.1 Å². The molecule has 0 spiro atoms. The summed E-state index contributed by atoms with van der Waals surface area (Å²) in [5.74, 6) is -0.381. The summed E-state index contributed by atoms with van der Waals surface area (Å²) in [7, 11) is 0. The van der Waals surface area contributed by atoms with E-state index in [0.717, 1.165) is 4.47 Å². The molecule has 108 valence electrons. The van der Waals surface area contributed by atoms with Crippen LogP contribution in [0, 0.1) is 18.3 Å². The Bertz CT molecular complexity index is 745. The largest absolute Gasteiger partial charge is 0.395 e. The van der Waals surface area contributed by atoms with Gasteiger partial charge in [0.1, 0.15) is 11.8 Å². The summed E-state index contributed by atoms with van der Waals surface area (Å²) < 4.78 is 2.32. The number of benzene rings is 1. The summed E-state index contributed by atoms with van der Waals surface area (Å²) >= 11 is 3.29. The molecule has 0 bridgehead atoms. The van der Waals surface area contributed by atoms with Crippen LogP contribution in [0.2, 0.25) is 0 Å². The number of hydrogen-bond acceptors (Lipinski definition) is 4. The Balaban J connectivity index is 2.37. The number of hydrogen-bond donors (Lipinski definition) is 2. The van der Waals surface area contributed by atoms with Gasteiger partial charge in [0.2, 0.25) is 0 Å². The average molecular weight is 348 g/mol. The topological polar surface area (TPSA) is 96.7 Å². The van der Waals surface area contributed by atoms with Gasteiger partial charge in [0, 0.05) is 11.0 Å². The molecule has 0 saturated carbocycles. The number of carbonyl (C=O) groups is 1. The van der Waals surface area contributed by atoms with E-state index in [0.29, 0.717) is 34.9 Å². The third kappa shape index (κ3) is 2.90. The fourth-order valence-electron chi connectivity index (χ4n) is 1.96. The Morgan fingerprint density at radius 1 is 1.57 bits per heavy atom. The number of rotatable bonds is 3. The van der Waals surface area contributed by atoms with E-state index in [9.17, 15) is 4.79 Å². The molecule has 21 heavy (non-hydrogen) atoms. The normalized spacial score (nSPS) is 10.2. The highest BCUT2D eigenvalue weighted by Crippen LogP contribution is 2.23. The molecule has 1 aromatic carbocycles. The molecule has 3 N–H and O–H groups in total. The first-order chi connectivity index (χ1) is 9.97. The number of carbonyl (C=O) groups excluding carboxylic acids is 1. The summed E-state index contributed by atoms with van der Waals surface area (Å²) in [5.41, 5.74) is 7.99. The van der Waals surface area contributed by atoms with E-state index < -0.39 is 0 Å². The summed E-state index contributed by atoms with van der Waals surface area (Å²) in [6.07, 6.45) is 0. The lowest BCUT2D eigenvalue weighted by molar-refractivity contribution is 0.101. The van der Waals surface area contributed by atoms with E-state index in [1.807, 2.05) is 13.0 Å². The monoisotopic (exact) mass is 347 g/mol. The van der Waals surface area contributed by atoms with Crippen LogP contribution in [0.4, 0.5) is 11.4 Å². The Morgan fingerprint density at radius 2 is 2.29 bits per heavy atom. The third-order valence-corrected chi connectivity index (χ3v) is 3.53. The highest BCUT2D eigenvalue weighted by Gasteiger charge is 2.20. The van der Waals surface area contributed by atoms with Crippen LogP contribution >= 0.6 is 15.9 Å². The van der Waals surface area contributed by atoms with Gasteiger partial charge in [0.15, 0.2) is 0 Å². The fourth-order valence-corrected chi connectivity index (χ4v) is 2.32. The van der Waals surface area contributed by atoms with Crippen molar-refractivity contribution in [2.24, 2.45) is 0 Å². The first kappa shape index (κ1) is 15.1. The van der Waals surface area contributed by atoms with Crippen LogP contribution in [-0.2, 0) is 6.54 Å². The maximum Gasteiger partial charge on any atom is 0.276 e. The number of nitriles is 1. The number of aryl methyl sites for hydroxylation is 2. The minimum absolute atomic E-state index is 0.307. The van der Waals surface area contributed by atoms with Crippen LogP contribution in [-0.4, -0.2) is 15.7 Å². The Hall–Kier alpha value is -2.33. The number of nitrogens with one attached hydrogen (secondary N) is 1. The third-order valence-electron chi connectivity index (χ3n) is 3.04. The highest BCUT2D eigenvalue weighted by atomic mass is 79.9. The lowest BCUT2D eigenvalue weighted by atomic mass is 10.2. The zero-order valence-electron chi connectivity index (χ0n) is 11.6. The number of nitrogen functional groups attached to an aromatic ring is 1. The van der Waals surface area contributed by atoms with Crippen molar-refractivity contribution >= 4 is 33.2 Å². The molecule has 0 radical (unpaired) electrons. The number of anilines is 2. The van der Waals surface area contributed by atoms with E-state index in [1.54, 1.807) is 29.8 Å². The first-order valence-electron chi connectivity index (χ1n) is 6.31. The second-order valence-corrected chi connectivity index (χ2v) is 5.33. The van der Waals surface area contributed by atoms with E-state index in [2.05, 4.69) is 26.3 Å². The molecule has 0 aliphatic heterocycles. The first-order valence-corrected chi connectivity index (χ1v) is 7.11. The molecule has 1 heterocycles. The van der Waals surface area contributed by atoms with E-state index in [-0.39, 0.29) is 5.91 Å². The van der Waals surface area contributed by atoms with Crippen molar-refractivity contribution in [3.05, 3.63) is 39.6 Å². The van der Waals surface area contributed by atoms with Crippen molar-refractivity contribution in [1.29, 1.82) is 5.26 Å². The number of halogens is 1. The maximum absolute atomic E-state index is 12.4. The molecule has 0 aliphatic rings. The number of nitrogens with zero attached hydrogens (tertiary/aromatic N) is 3. The molecule has 1 amide bonds. The van der Waals surface area contributed by atoms with E-state index in [1.165, 1.54) is 0 Å². The fraction of sp³-hybridized carbons (Fsp3) is 0.214. The van der Waals surface area contributed by atoms with Gasteiger partial charge in [-0.1, -0.05) is 15.9 Å². The van der Waals surface area contributed by atoms with Gasteiger partial charge in [-0.05, 0) is 32.0 Å². The Morgan fingerprint density at radius 3 is 2.90 bits per heavy atom. The molecule has 2 aromatic rings. The highest BCUT2D eigenvalue weighted by molar-refractivity contribution is 9.10. The van der Waals surface area contributed by atoms with Crippen molar-refractivity contribution < 1.29 is 4.79 Å². The van der Waals surface area contributed by atoms with Crippen LogP contribution in [0.15, 0.2) is 22.7 Å². The predicted octanol–water partition coefficient (Wildman–Crippen LogP) is 2.68. The van der Waals surface area contributed by atoms with Crippen molar-refractivity contribution in [1.82, 2.24) is 9.78 Å². The summed E-state index contributed by atoms with van der Waals surface area (Å²) in [5, 5.41) is 16.0. The molecule has 2 rings (SSSR count). The Labute approximate surface area is 130 Å². The van der Waals surface area contributed by atoms with Crippen molar-refractivity contribution in [3.63, 3.8) is 0 Å². The van der Waals surface area contributed by atoms with Crippen molar-refractivity contribution in [2.45, 2.75) is 20.4 Å². The molecular weight excluding hydrogens is 334 g/mol. The lowest BCUT2D eigenvalue weighted by Crippen LogP contribution is -2.19. The SMILES string of the molecule is CCn1nc(C)c(N)c1C(=O)Nc1ccc(Br)cc1C#N. The molecule has 0 fully saturated rings. The van der Waals surface area contributed by atoms with Crippen molar-refractivity contribution in [2.75, 3.05) is 11.1 Å². The van der Waals surface area contributed by atoms with Gasteiger partial charge in [-0.25, -0.2) is 0 Å². The number of nitrogens with two attached hydrogens (primary N) is 1. The lowest BCUT2D eigenvalue weighted by Gasteiger charge is -2.09. The zero-order chi connectivity index (χ0) is 15.6. The minimum atomic E-state index is -0.381. The maximum atomic E-state index is 12.4. The van der Waals surface area contributed by atoms with E-state index >= 15 is 0 Å². The van der Waals surface area contributed by atoms with Gasteiger partial charge < -0.3 is 11.1 Å². The second-order valence-electron chi connectivity index (χ2n) is 4.42. The van der Waals surface area contributed by atoms with Gasteiger partial charge >= 0.3 is 0 Å². The molecule has 0 unspecified atom stereocenters. The van der Waals surface area contributed by atoms with Crippen LogP contribution in [0.5, 0.6) is 0 Å². The molecule has 0 saturated heterocycles. The van der Waals surface area contributed by atoms with Gasteiger partial charge in [-0.15, -0.1) is 0 Å². The van der Waals surface area contributed by atoms with Gasteiger partial charge in [-0.2, -0.15) is 10.4 Å². The average Bonchev–Trinajstić information content (AvgIpc) is 2.76. The number of amides is 1. The quantitative estimate of drug-likeness (QED) is 0.891. The number of aromatic nitrogens is 2. The van der Waals surface area contributed by atoms with E-state index in [4.69, 9.17) is 11.0 Å². The zero-order valence-corrected chi connectivity index (χ0v) is 13.2. The van der Waals surface area contributed by atoms with Gasteiger partial charge in [0.25, 0.3) is 5.91 Å².